The van der Waals surface area contributed by atoms with E-state index >= 15 is 0 Å². The molecule has 1 heterocycles. The van der Waals surface area contributed by atoms with Crippen molar-refractivity contribution in [1.29, 1.82) is 0 Å². The number of carbonyl (C=O) groups excluding carboxylic acids is 1. The number of aromatic nitrogens is 2. The van der Waals surface area contributed by atoms with Crippen LogP contribution in [0.1, 0.15) is 27.2 Å². The summed E-state index contributed by atoms with van der Waals surface area (Å²) in [5.41, 5.74) is 7.68. The van der Waals surface area contributed by atoms with E-state index in [0.29, 0.717) is 16.4 Å². The van der Waals surface area contributed by atoms with Crippen LogP contribution in [0.4, 0.5) is 0 Å². The Balaban J connectivity index is 1.69. The lowest BCUT2D eigenvalue weighted by molar-refractivity contribution is 0.0950. The van der Waals surface area contributed by atoms with E-state index in [1.165, 1.54) is 17.3 Å². The van der Waals surface area contributed by atoms with E-state index in [2.05, 4.69) is 27.6 Å². The molecule has 25 heavy (non-hydrogen) atoms. The maximum atomic E-state index is 12.1. The van der Waals surface area contributed by atoms with Gasteiger partial charge in [-0.1, -0.05) is 35.9 Å². The van der Waals surface area contributed by atoms with Gasteiger partial charge in [0.25, 0.3) is 5.91 Å². The van der Waals surface area contributed by atoms with Crippen LogP contribution in [0.3, 0.4) is 0 Å². The fraction of sp³-hybridized carbons (Fsp3) is 0.105. The maximum absolute atomic E-state index is 12.1. The lowest BCUT2D eigenvalue weighted by Gasteiger charge is -2.01. The number of aryl methyl sites for hydroxylation is 2. The highest BCUT2D eigenvalue weighted by atomic mass is 35.5. The number of hydrogen-bond acceptors (Lipinski definition) is 3. The Kier molecular flexibility index (Phi) is 4.95. The molecule has 1 amide bonds. The molecular weight excluding hydrogens is 336 g/mol. The highest BCUT2D eigenvalue weighted by Gasteiger charge is 2.10. The number of nitrogens with zero attached hydrogens (tertiary/aromatic N) is 2. The summed E-state index contributed by atoms with van der Waals surface area (Å²) >= 11 is 5.90. The van der Waals surface area contributed by atoms with Gasteiger partial charge in [-0.3, -0.25) is 9.89 Å². The van der Waals surface area contributed by atoms with Crippen molar-refractivity contribution in [3.05, 3.63) is 75.9 Å². The fourth-order valence-electron chi connectivity index (χ4n) is 2.30. The minimum Gasteiger partial charge on any atom is -0.272 e. The van der Waals surface area contributed by atoms with Crippen LogP contribution in [-0.2, 0) is 0 Å². The highest BCUT2D eigenvalue weighted by Crippen LogP contribution is 2.20. The van der Waals surface area contributed by atoms with E-state index in [-0.39, 0.29) is 5.91 Å². The summed E-state index contributed by atoms with van der Waals surface area (Å²) in [5, 5.41) is 11.5. The Labute approximate surface area is 150 Å². The molecule has 5 nitrogen and oxygen atoms in total. The SMILES string of the molecule is Cc1ccc(-c2cc(C(=O)NN=Cc3cccc(Cl)c3)[nH]n2)cc1C. The second kappa shape index (κ2) is 7.32. The first-order chi connectivity index (χ1) is 12.0. The van der Waals surface area contributed by atoms with Gasteiger partial charge in [0.1, 0.15) is 5.69 Å². The molecule has 0 unspecified atom stereocenters. The zero-order valence-electron chi connectivity index (χ0n) is 13.9. The third-order valence-corrected chi connectivity index (χ3v) is 4.09. The molecule has 0 aliphatic rings. The van der Waals surface area contributed by atoms with Gasteiger partial charge in [-0.2, -0.15) is 10.2 Å². The lowest BCUT2D eigenvalue weighted by Crippen LogP contribution is -2.17. The van der Waals surface area contributed by atoms with Gasteiger partial charge in [0.05, 0.1) is 11.9 Å². The molecule has 0 radical (unpaired) electrons. The van der Waals surface area contributed by atoms with Crippen molar-refractivity contribution in [3.63, 3.8) is 0 Å². The zero-order valence-corrected chi connectivity index (χ0v) is 14.6. The number of halogens is 1. The second-order valence-electron chi connectivity index (χ2n) is 5.72. The van der Waals surface area contributed by atoms with Crippen molar-refractivity contribution in [2.75, 3.05) is 0 Å². The number of aromatic amines is 1. The highest BCUT2D eigenvalue weighted by molar-refractivity contribution is 6.30. The molecule has 2 N–H and O–H groups in total. The summed E-state index contributed by atoms with van der Waals surface area (Å²) in [6, 6.07) is 15.0. The first-order valence-corrected chi connectivity index (χ1v) is 8.13. The van der Waals surface area contributed by atoms with Gasteiger partial charge < -0.3 is 0 Å². The molecule has 0 spiro atoms. The van der Waals surface area contributed by atoms with E-state index in [1.54, 1.807) is 18.2 Å². The van der Waals surface area contributed by atoms with Crippen LogP contribution < -0.4 is 5.43 Å². The van der Waals surface area contributed by atoms with Crippen LogP contribution in [0.2, 0.25) is 5.02 Å². The van der Waals surface area contributed by atoms with Gasteiger partial charge in [-0.15, -0.1) is 0 Å². The van der Waals surface area contributed by atoms with Crippen molar-refractivity contribution in [1.82, 2.24) is 15.6 Å². The minimum atomic E-state index is -0.360. The van der Waals surface area contributed by atoms with Gasteiger partial charge in [0.2, 0.25) is 0 Å². The summed E-state index contributed by atoms with van der Waals surface area (Å²) in [6.07, 6.45) is 1.53. The minimum absolute atomic E-state index is 0.344. The second-order valence-corrected chi connectivity index (χ2v) is 6.16. The number of hydrazone groups is 1. The number of H-pyrrole nitrogens is 1. The number of benzene rings is 2. The van der Waals surface area contributed by atoms with E-state index in [4.69, 9.17) is 11.6 Å². The van der Waals surface area contributed by atoms with Crippen LogP contribution >= 0.6 is 11.6 Å². The van der Waals surface area contributed by atoms with Gasteiger partial charge in [-0.05, 0) is 54.8 Å². The van der Waals surface area contributed by atoms with E-state index in [9.17, 15) is 4.79 Å². The quantitative estimate of drug-likeness (QED) is 0.548. The van der Waals surface area contributed by atoms with Crippen molar-refractivity contribution >= 4 is 23.7 Å². The van der Waals surface area contributed by atoms with Crippen molar-refractivity contribution < 1.29 is 4.79 Å². The van der Waals surface area contributed by atoms with Crippen molar-refractivity contribution in [2.45, 2.75) is 13.8 Å². The number of hydrogen-bond donors (Lipinski definition) is 2. The molecule has 126 valence electrons. The van der Waals surface area contributed by atoms with E-state index in [0.717, 1.165) is 11.1 Å². The standard InChI is InChI=1S/C19H17ClN4O/c1-12-6-7-15(8-13(12)2)17-10-18(23-22-17)19(25)24-21-11-14-4-3-5-16(20)9-14/h3-11H,1-2H3,(H,22,23)(H,24,25). The summed E-state index contributed by atoms with van der Waals surface area (Å²) in [5.74, 6) is -0.360. The molecule has 0 fully saturated rings. The number of rotatable bonds is 4. The molecule has 0 saturated carbocycles. The van der Waals surface area contributed by atoms with Crippen LogP contribution in [-0.4, -0.2) is 22.3 Å². The molecule has 0 aliphatic heterocycles. The van der Waals surface area contributed by atoms with Crippen LogP contribution in [0, 0.1) is 13.8 Å². The molecule has 2 aromatic carbocycles. The molecule has 0 saturated heterocycles. The van der Waals surface area contributed by atoms with E-state index in [1.807, 2.05) is 37.3 Å². The third-order valence-electron chi connectivity index (χ3n) is 3.85. The first-order valence-electron chi connectivity index (χ1n) is 7.75. The molecular formula is C19H17ClN4O. The third kappa shape index (κ3) is 4.14. The maximum Gasteiger partial charge on any atom is 0.289 e. The van der Waals surface area contributed by atoms with Crippen molar-refractivity contribution in [3.8, 4) is 11.3 Å². The summed E-state index contributed by atoms with van der Waals surface area (Å²) in [6.45, 7) is 4.10. The summed E-state index contributed by atoms with van der Waals surface area (Å²) in [4.78, 5) is 12.1. The average molecular weight is 353 g/mol. The Morgan fingerprint density at radius 3 is 2.76 bits per heavy atom. The number of carbonyl (C=O) groups is 1. The zero-order chi connectivity index (χ0) is 17.8. The van der Waals surface area contributed by atoms with Gasteiger partial charge in [0.15, 0.2) is 0 Å². The molecule has 1 aromatic heterocycles. The molecule has 0 atom stereocenters. The van der Waals surface area contributed by atoms with E-state index < -0.39 is 0 Å². The van der Waals surface area contributed by atoms with Crippen LogP contribution in [0.25, 0.3) is 11.3 Å². The fourth-order valence-corrected chi connectivity index (χ4v) is 2.50. The predicted octanol–water partition coefficient (Wildman–Crippen LogP) is 4.11. The Morgan fingerprint density at radius 1 is 1.16 bits per heavy atom. The molecule has 0 aliphatic carbocycles. The Bertz CT molecular complexity index is 946. The normalized spacial score (nSPS) is 11.0. The summed E-state index contributed by atoms with van der Waals surface area (Å²) in [7, 11) is 0. The molecule has 0 bridgehead atoms. The molecule has 3 aromatic rings. The summed E-state index contributed by atoms with van der Waals surface area (Å²) < 4.78 is 0. The lowest BCUT2D eigenvalue weighted by atomic mass is 10.0. The predicted molar refractivity (Wildman–Crippen MR) is 100 cm³/mol. The number of nitrogens with one attached hydrogen (secondary N) is 2. The number of amides is 1. The smallest absolute Gasteiger partial charge is 0.272 e. The Morgan fingerprint density at radius 2 is 2.00 bits per heavy atom. The monoisotopic (exact) mass is 352 g/mol. The van der Waals surface area contributed by atoms with Crippen molar-refractivity contribution in [2.24, 2.45) is 5.10 Å². The first kappa shape index (κ1) is 16.9. The van der Waals surface area contributed by atoms with Gasteiger partial charge in [0, 0.05) is 10.6 Å². The van der Waals surface area contributed by atoms with Crippen LogP contribution in [0.5, 0.6) is 0 Å². The molecule has 6 heteroatoms. The van der Waals surface area contributed by atoms with Gasteiger partial charge in [-0.25, -0.2) is 5.43 Å². The van der Waals surface area contributed by atoms with Crippen LogP contribution in [0.15, 0.2) is 53.6 Å². The molecule has 3 rings (SSSR count). The topological polar surface area (TPSA) is 70.1 Å². The Hall–Kier alpha value is -2.92. The van der Waals surface area contributed by atoms with Gasteiger partial charge >= 0.3 is 0 Å². The largest absolute Gasteiger partial charge is 0.289 e. The average Bonchev–Trinajstić information content (AvgIpc) is 3.07.